The molecule has 2 heterocycles. The van der Waals surface area contributed by atoms with Crippen LogP contribution in [0.25, 0.3) is 0 Å². The fourth-order valence-electron chi connectivity index (χ4n) is 3.17. The van der Waals surface area contributed by atoms with Gasteiger partial charge < -0.3 is 9.64 Å². The number of nitro benzene ring substituents is 1. The number of rotatable bonds is 5. The normalized spacial score (nSPS) is 18.0. The fraction of sp³-hybridized carbons (Fsp3) is 0.438. The lowest BCUT2D eigenvalue weighted by Crippen LogP contribution is -2.34. The second-order valence-electron chi connectivity index (χ2n) is 5.63. The van der Waals surface area contributed by atoms with Crippen LogP contribution in [0, 0.1) is 10.1 Å². The van der Waals surface area contributed by atoms with E-state index in [0.29, 0.717) is 24.0 Å². The summed E-state index contributed by atoms with van der Waals surface area (Å²) in [7, 11) is 0. The molecule has 0 saturated carbocycles. The number of piperidine rings is 1. The molecular weight excluding hydrogens is 296 g/mol. The van der Waals surface area contributed by atoms with E-state index in [1.807, 2.05) is 25.4 Å². The first-order valence-electron chi connectivity index (χ1n) is 7.84. The third-order valence-electron chi connectivity index (χ3n) is 4.21. The van der Waals surface area contributed by atoms with Crippen LogP contribution in [0.3, 0.4) is 0 Å². The van der Waals surface area contributed by atoms with Gasteiger partial charge in [-0.2, -0.15) is 5.10 Å². The fourth-order valence-corrected chi connectivity index (χ4v) is 3.17. The molecule has 1 atom stereocenters. The molecule has 1 saturated heterocycles. The molecule has 1 aromatic heterocycles. The molecule has 0 amide bonds. The highest BCUT2D eigenvalue weighted by molar-refractivity contribution is 5.70. The number of hydrogen-bond acceptors (Lipinski definition) is 5. The van der Waals surface area contributed by atoms with Gasteiger partial charge in [0.15, 0.2) is 5.75 Å². The van der Waals surface area contributed by atoms with Gasteiger partial charge in [-0.15, -0.1) is 0 Å². The highest BCUT2D eigenvalue weighted by Gasteiger charge is 2.29. The van der Waals surface area contributed by atoms with Gasteiger partial charge in [0.2, 0.25) is 0 Å². The zero-order valence-electron chi connectivity index (χ0n) is 13.1. The number of ether oxygens (including phenoxy) is 1. The van der Waals surface area contributed by atoms with Crippen LogP contribution < -0.4 is 9.64 Å². The summed E-state index contributed by atoms with van der Waals surface area (Å²) in [5.74, 6) is 0.665. The molecule has 7 nitrogen and oxygen atoms in total. The lowest BCUT2D eigenvalue weighted by molar-refractivity contribution is -0.385. The van der Waals surface area contributed by atoms with Crippen LogP contribution in [0.2, 0.25) is 0 Å². The minimum absolute atomic E-state index is 0.0576. The number of para-hydroxylation sites is 1. The summed E-state index contributed by atoms with van der Waals surface area (Å²) < 4.78 is 5.45. The molecule has 0 radical (unpaired) electrons. The molecule has 0 aliphatic carbocycles. The Kier molecular flexibility index (Phi) is 4.45. The predicted octanol–water partition coefficient (Wildman–Crippen LogP) is 3.10. The molecule has 0 spiro atoms. The van der Waals surface area contributed by atoms with Crippen molar-refractivity contribution in [1.82, 2.24) is 10.2 Å². The number of nitro groups is 1. The van der Waals surface area contributed by atoms with Crippen LogP contribution in [0.1, 0.15) is 31.2 Å². The Balaban J connectivity index is 1.91. The number of anilines is 1. The van der Waals surface area contributed by atoms with Crippen molar-refractivity contribution in [2.75, 3.05) is 24.6 Å². The average Bonchev–Trinajstić information content (AvgIpc) is 3.09. The van der Waals surface area contributed by atoms with E-state index in [9.17, 15) is 10.1 Å². The predicted molar refractivity (Wildman–Crippen MR) is 87.0 cm³/mol. The van der Waals surface area contributed by atoms with E-state index < -0.39 is 0 Å². The van der Waals surface area contributed by atoms with Crippen molar-refractivity contribution < 1.29 is 9.66 Å². The molecule has 1 unspecified atom stereocenters. The van der Waals surface area contributed by atoms with E-state index in [-0.39, 0.29) is 10.6 Å². The second-order valence-corrected chi connectivity index (χ2v) is 5.63. The van der Waals surface area contributed by atoms with E-state index in [4.69, 9.17) is 4.74 Å². The summed E-state index contributed by atoms with van der Waals surface area (Å²) >= 11 is 0. The van der Waals surface area contributed by atoms with Crippen LogP contribution in [0.5, 0.6) is 5.75 Å². The van der Waals surface area contributed by atoms with Gasteiger partial charge in [-0.05, 0) is 37.5 Å². The van der Waals surface area contributed by atoms with Crippen LogP contribution in [-0.2, 0) is 0 Å². The maximum Gasteiger partial charge on any atom is 0.333 e. The number of nitrogens with one attached hydrogen (secondary N) is 1. The first kappa shape index (κ1) is 15.3. The Morgan fingerprint density at radius 2 is 2.39 bits per heavy atom. The van der Waals surface area contributed by atoms with Crippen molar-refractivity contribution in [2.24, 2.45) is 0 Å². The zero-order chi connectivity index (χ0) is 16.2. The number of benzene rings is 1. The number of aromatic amines is 1. The van der Waals surface area contributed by atoms with Crippen LogP contribution >= 0.6 is 0 Å². The molecule has 122 valence electrons. The van der Waals surface area contributed by atoms with Gasteiger partial charge in [0.25, 0.3) is 0 Å². The number of H-pyrrole nitrogens is 1. The van der Waals surface area contributed by atoms with Crippen molar-refractivity contribution in [3.05, 3.63) is 46.3 Å². The molecule has 2 aromatic rings. The van der Waals surface area contributed by atoms with Gasteiger partial charge in [-0.3, -0.25) is 15.2 Å². The van der Waals surface area contributed by atoms with E-state index in [0.717, 1.165) is 31.5 Å². The standard InChI is InChI=1S/C16H20N4O3/c1-2-23-15-7-3-6-14(16(15)20(21)22)19-8-4-5-12(11-19)13-9-17-18-10-13/h3,6-7,9-10,12H,2,4-5,8,11H2,1H3,(H,17,18). The lowest BCUT2D eigenvalue weighted by Gasteiger charge is -2.33. The molecule has 7 heteroatoms. The summed E-state index contributed by atoms with van der Waals surface area (Å²) in [5, 5.41) is 18.4. The molecule has 23 heavy (non-hydrogen) atoms. The summed E-state index contributed by atoms with van der Waals surface area (Å²) in [6, 6.07) is 5.27. The SMILES string of the molecule is CCOc1cccc(N2CCCC(c3cn[nH]c3)C2)c1[N+](=O)[O-]. The second kappa shape index (κ2) is 6.68. The summed E-state index contributed by atoms with van der Waals surface area (Å²) in [6.07, 6.45) is 5.79. The third-order valence-corrected chi connectivity index (χ3v) is 4.21. The topological polar surface area (TPSA) is 84.3 Å². The van der Waals surface area contributed by atoms with Crippen molar-refractivity contribution in [1.29, 1.82) is 0 Å². The van der Waals surface area contributed by atoms with E-state index in [2.05, 4.69) is 15.1 Å². The van der Waals surface area contributed by atoms with Crippen LogP contribution in [-0.4, -0.2) is 34.8 Å². The van der Waals surface area contributed by atoms with Gasteiger partial charge in [-0.25, -0.2) is 0 Å². The number of hydrogen-bond donors (Lipinski definition) is 1. The minimum Gasteiger partial charge on any atom is -0.487 e. The number of nitrogens with zero attached hydrogens (tertiary/aromatic N) is 3. The van der Waals surface area contributed by atoms with Crippen LogP contribution in [0.4, 0.5) is 11.4 Å². The number of aromatic nitrogens is 2. The first-order valence-corrected chi connectivity index (χ1v) is 7.84. The highest BCUT2D eigenvalue weighted by atomic mass is 16.6. The van der Waals surface area contributed by atoms with Gasteiger partial charge in [-0.1, -0.05) is 6.07 Å². The summed E-state index contributed by atoms with van der Waals surface area (Å²) in [5.41, 5.74) is 1.84. The Morgan fingerprint density at radius 1 is 1.52 bits per heavy atom. The smallest absolute Gasteiger partial charge is 0.333 e. The Bertz CT molecular complexity index is 672. The summed E-state index contributed by atoms with van der Waals surface area (Å²) in [6.45, 7) is 3.79. The first-order chi connectivity index (χ1) is 11.2. The highest BCUT2D eigenvalue weighted by Crippen LogP contribution is 2.39. The molecule has 1 aliphatic heterocycles. The molecule has 0 bridgehead atoms. The average molecular weight is 316 g/mol. The lowest BCUT2D eigenvalue weighted by atomic mass is 9.92. The quantitative estimate of drug-likeness (QED) is 0.677. The van der Waals surface area contributed by atoms with E-state index in [1.165, 1.54) is 0 Å². The van der Waals surface area contributed by atoms with Crippen molar-refractivity contribution in [2.45, 2.75) is 25.7 Å². The molecule has 1 N–H and O–H groups in total. The van der Waals surface area contributed by atoms with E-state index in [1.54, 1.807) is 12.1 Å². The maximum atomic E-state index is 11.6. The van der Waals surface area contributed by atoms with Crippen molar-refractivity contribution in [3.63, 3.8) is 0 Å². The summed E-state index contributed by atoms with van der Waals surface area (Å²) in [4.78, 5) is 13.3. The monoisotopic (exact) mass is 316 g/mol. The Hall–Kier alpha value is -2.57. The van der Waals surface area contributed by atoms with Gasteiger partial charge in [0.05, 0.1) is 17.7 Å². The van der Waals surface area contributed by atoms with Gasteiger partial charge >= 0.3 is 5.69 Å². The largest absolute Gasteiger partial charge is 0.487 e. The molecule has 3 rings (SSSR count). The minimum atomic E-state index is -0.345. The van der Waals surface area contributed by atoms with Crippen LogP contribution in [0.15, 0.2) is 30.6 Å². The molecule has 1 aromatic carbocycles. The Morgan fingerprint density at radius 3 is 3.09 bits per heavy atom. The van der Waals surface area contributed by atoms with Gasteiger partial charge in [0.1, 0.15) is 5.69 Å². The molecular formula is C16H20N4O3. The maximum absolute atomic E-state index is 11.6. The molecule has 1 fully saturated rings. The van der Waals surface area contributed by atoms with Gasteiger partial charge in [0, 0.05) is 25.2 Å². The Labute approximate surface area is 134 Å². The van der Waals surface area contributed by atoms with Crippen molar-refractivity contribution in [3.8, 4) is 5.75 Å². The van der Waals surface area contributed by atoms with E-state index >= 15 is 0 Å². The van der Waals surface area contributed by atoms with Crippen molar-refractivity contribution >= 4 is 11.4 Å². The zero-order valence-corrected chi connectivity index (χ0v) is 13.1. The molecule has 1 aliphatic rings. The third kappa shape index (κ3) is 3.13.